The van der Waals surface area contributed by atoms with E-state index in [9.17, 15) is 23.1 Å². The van der Waals surface area contributed by atoms with Gasteiger partial charge >= 0.3 is 16.3 Å². The zero-order chi connectivity index (χ0) is 18.5. The van der Waals surface area contributed by atoms with Crippen LogP contribution in [-0.2, 0) is 29.7 Å². The Hall–Kier alpha value is -2.75. The van der Waals surface area contributed by atoms with E-state index in [1.54, 1.807) is 41.1 Å². The summed E-state index contributed by atoms with van der Waals surface area (Å²) in [6.45, 7) is -1.16. The quantitative estimate of drug-likeness (QED) is 0.647. The van der Waals surface area contributed by atoms with Crippen molar-refractivity contribution >= 4 is 22.2 Å². The van der Waals surface area contributed by atoms with E-state index in [1.165, 1.54) is 24.3 Å². The smallest absolute Gasteiger partial charge is 0.362 e. The van der Waals surface area contributed by atoms with Crippen LogP contribution in [0.15, 0.2) is 60.7 Å². The number of hydrogen-bond acceptors (Lipinski definition) is 6. The van der Waals surface area contributed by atoms with Crippen molar-refractivity contribution in [2.75, 3.05) is 6.61 Å². The number of amides is 1. The number of carboxylic acids is 1. The highest BCUT2D eigenvalue weighted by molar-refractivity contribution is 7.85. The Kier molecular flexibility index (Phi) is 5.52. The van der Waals surface area contributed by atoms with Gasteiger partial charge in [0.15, 0.2) is 12.2 Å². The first-order chi connectivity index (χ1) is 11.8. The number of carbonyl (C=O) groups excluding carboxylic acids is 1. The number of aliphatic hydroxyl groups is 1. The van der Waals surface area contributed by atoms with E-state index >= 15 is 0 Å². The Morgan fingerprint density at radius 1 is 0.960 bits per heavy atom. The molecule has 0 heterocycles. The summed E-state index contributed by atoms with van der Waals surface area (Å²) in [6, 6.07) is 15.5. The summed E-state index contributed by atoms with van der Waals surface area (Å²) in [7, 11) is -4.72. The van der Waals surface area contributed by atoms with Crippen molar-refractivity contribution in [1.82, 2.24) is 4.72 Å². The van der Waals surface area contributed by atoms with E-state index in [0.717, 1.165) is 0 Å². The first-order valence-corrected chi connectivity index (χ1v) is 8.43. The topological polar surface area (TPSA) is 130 Å². The van der Waals surface area contributed by atoms with Gasteiger partial charge in [-0.25, -0.2) is 13.7 Å². The van der Waals surface area contributed by atoms with Gasteiger partial charge < -0.3 is 10.2 Å². The molecular weight excluding hydrogens is 350 g/mol. The van der Waals surface area contributed by atoms with E-state index in [-0.39, 0.29) is 11.1 Å². The van der Waals surface area contributed by atoms with Crippen molar-refractivity contribution in [2.45, 2.75) is 5.60 Å². The molecule has 1 amide bonds. The number of benzene rings is 2. The first-order valence-electron chi connectivity index (χ1n) is 7.02. The average molecular weight is 365 g/mol. The van der Waals surface area contributed by atoms with E-state index < -0.39 is 34.4 Å². The molecule has 132 valence electrons. The molecule has 0 radical (unpaired) electrons. The Balaban J connectivity index is 2.40. The second-order valence-electron chi connectivity index (χ2n) is 4.98. The summed E-state index contributed by atoms with van der Waals surface area (Å²) < 4.78 is 29.2. The standard InChI is InChI=1S/C16H15NO7S/c18-14(19)11-24-25(22,23)17-15(20)16(21,12-7-3-1-4-8-12)13-9-5-2-6-10-13/h1-10,21H,11H2,(H,17,20)(H,18,19). The lowest BCUT2D eigenvalue weighted by molar-refractivity contribution is -0.139. The maximum atomic E-state index is 12.6. The highest BCUT2D eigenvalue weighted by Crippen LogP contribution is 2.30. The molecule has 0 saturated heterocycles. The molecule has 0 bridgehead atoms. The van der Waals surface area contributed by atoms with Crippen LogP contribution in [0.3, 0.4) is 0 Å². The van der Waals surface area contributed by atoms with Crippen molar-refractivity contribution in [1.29, 1.82) is 0 Å². The van der Waals surface area contributed by atoms with Gasteiger partial charge in [0, 0.05) is 0 Å². The van der Waals surface area contributed by atoms with Crippen molar-refractivity contribution in [3.8, 4) is 0 Å². The number of carbonyl (C=O) groups is 2. The lowest BCUT2D eigenvalue weighted by Gasteiger charge is -2.27. The Bertz CT molecular complexity index is 811. The predicted octanol–water partition coefficient (Wildman–Crippen LogP) is 0.385. The fourth-order valence-electron chi connectivity index (χ4n) is 2.13. The van der Waals surface area contributed by atoms with Gasteiger partial charge in [-0.3, -0.25) is 4.79 Å². The van der Waals surface area contributed by atoms with E-state index in [0.29, 0.717) is 0 Å². The molecule has 25 heavy (non-hydrogen) atoms. The third-order valence-corrected chi connectivity index (χ3v) is 4.13. The molecular formula is C16H15NO7S. The number of rotatable bonds is 7. The van der Waals surface area contributed by atoms with E-state index in [4.69, 9.17) is 5.11 Å². The minimum atomic E-state index is -4.72. The van der Waals surface area contributed by atoms with Gasteiger partial charge in [0.05, 0.1) is 0 Å². The van der Waals surface area contributed by atoms with Crippen LogP contribution in [-0.4, -0.2) is 37.1 Å². The van der Waals surface area contributed by atoms with Crippen LogP contribution < -0.4 is 4.72 Å². The molecule has 2 rings (SSSR count). The van der Waals surface area contributed by atoms with Gasteiger partial charge in [0.25, 0.3) is 5.91 Å². The number of aliphatic carboxylic acids is 1. The summed E-state index contributed by atoms with van der Waals surface area (Å²) in [5.41, 5.74) is -2.05. The molecule has 8 nitrogen and oxygen atoms in total. The summed E-state index contributed by atoms with van der Waals surface area (Å²) >= 11 is 0. The van der Waals surface area contributed by atoms with Gasteiger partial charge in [-0.2, -0.15) is 8.42 Å². The Morgan fingerprint density at radius 2 is 1.40 bits per heavy atom. The van der Waals surface area contributed by atoms with Crippen molar-refractivity contribution in [3.05, 3.63) is 71.8 Å². The molecule has 0 unspecified atom stereocenters. The zero-order valence-electron chi connectivity index (χ0n) is 12.8. The Morgan fingerprint density at radius 3 is 1.80 bits per heavy atom. The second kappa shape index (κ2) is 7.43. The average Bonchev–Trinajstić information content (AvgIpc) is 2.60. The molecule has 2 aromatic rings. The summed E-state index contributed by atoms with van der Waals surface area (Å²) in [4.78, 5) is 23.0. The predicted molar refractivity (Wildman–Crippen MR) is 86.5 cm³/mol. The van der Waals surface area contributed by atoms with Crippen molar-refractivity contribution in [3.63, 3.8) is 0 Å². The largest absolute Gasteiger partial charge is 0.479 e. The molecule has 2 aromatic carbocycles. The fraction of sp³-hybridized carbons (Fsp3) is 0.125. The van der Waals surface area contributed by atoms with Gasteiger partial charge in [-0.15, -0.1) is 0 Å². The van der Waals surface area contributed by atoms with E-state index in [2.05, 4.69) is 4.18 Å². The summed E-state index contributed by atoms with van der Waals surface area (Å²) in [5.74, 6) is -2.82. The minimum Gasteiger partial charge on any atom is -0.479 e. The molecule has 0 aliphatic rings. The molecule has 0 aliphatic heterocycles. The monoisotopic (exact) mass is 365 g/mol. The highest BCUT2D eigenvalue weighted by atomic mass is 32.2. The number of hydrogen-bond donors (Lipinski definition) is 3. The lowest BCUT2D eigenvalue weighted by atomic mass is 9.86. The third-order valence-electron chi connectivity index (χ3n) is 3.27. The SMILES string of the molecule is O=C(O)COS(=O)(=O)NC(=O)C(O)(c1ccccc1)c1ccccc1. The summed E-state index contributed by atoms with van der Waals surface area (Å²) in [5, 5.41) is 19.5. The number of carboxylic acid groups (broad SMARTS) is 1. The van der Waals surface area contributed by atoms with Crippen LogP contribution in [0.25, 0.3) is 0 Å². The molecule has 0 atom stereocenters. The van der Waals surface area contributed by atoms with Crippen molar-refractivity contribution in [2.24, 2.45) is 0 Å². The Labute approximate surface area is 143 Å². The molecule has 9 heteroatoms. The molecule has 0 fully saturated rings. The van der Waals surface area contributed by atoms with Gasteiger partial charge in [-0.1, -0.05) is 60.7 Å². The maximum absolute atomic E-state index is 12.6. The molecule has 0 aliphatic carbocycles. The molecule has 3 N–H and O–H groups in total. The third kappa shape index (κ3) is 4.41. The van der Waals surface area contributed by atoms with Gasteiger partial charge in [0.1, 0.15) is 0 Å². The normalized spacial score (nSPS) is 11.7. The van der Waals surface area contributed by atoms with Crippen LogP contribution >= 0.6 is 0 Å². The van der Waals surface area contributed by atoms with Gasteiger partial charge in [-0.05, 0) is 11.1 Å². The summed E-state index contributed by atoms with van der Waals surface area (Å²) in [6.07, 6.45) is 0. The number of nitrogens with one attached hydrogen (secondary N) is 1. The second-order valence-corrected chi connectivity index (χ2v) is 6.33. The van der Waals surface area contributed by atoms with Gasteiger partial charge in [0.2, 0.25) is 0 Å². The van der Waals surface area contributed by atoms with Crippen LogP contribution in [0.2, 0.25) is 0 Å². The maximum Gasteiger partial charge on any atom is 0.362 e. The van der Waals surface area contributed by atoms with Crippen LogP contribution in [0, 0.1) is 0 Å². The molecule has 0 aromatic heterocycles. The molecule has 0 saturated carbocycles. The van der Waals surface area contributed by atoms with E-state index in [1.807, 2.05) is 0 Å². The highest BCUT2D eigenvalue weighted by Gasteiger charge is 2.42. The van der Waals surface area contributed by atoms with Crippen LogP contribution in [0.5, 0.6) is 0 Å². The fourth-order valence-corrected chi connectivity index (χ4v) is 2.82. The van der Waals surface area contributed by atoms with Crippen LogP contribution in [0.4, 0.5) is 0 Å². The van der Waals surface area contributed by atoms with Crippen LogP contribution in [0.1, 0.15) is 11.1 Å². The lowest BCUT2D eigenvalue weighted by Crippen LogP contribution is -2.48. The van der Waals surface area contributed by atoms with Crippen molar-refractivity contribution < 1.29 is 32.4 Å². The zero-order valence-corrected chi connectivity index (χ0v) is 13.6. The first kappa shape index (κ1) is 18.6. The molecule has 0 spiro atoms. The minimum absolute atomic E-state index is 0.132.